The minimum atomic E-state index is -1.64. The van der Waals surface area contributed by atoms with Gasteiger partial charge in [0.25, 0.3) is 11.4 Å². The SMILES string of the molecule is N#CC(=CNc1c(C(=O)O)cc([N+](=O)[O-])cc1[N+](=O)[O-])c1nn[nH]n1. The number of hydrogen-bond donors (Lipinski definition) is 3. The van der Waals surface area contributed by atoms with Crippen molar-refractivity contribution in [2.24, 2.45) is 0 Å². The Morgan fingerprint density at radius 3 is 2.56 bits per heavy atom. The van der Waals surface area contributed by atoms with Gasteiger partial charge >= 0.3 is 5.97 Å². The first-order valence-electron chi connectivity index (χ1n) is 6.16. The second-order valence-corrected chi connectivity index (χ2v) is 4.26. The van der Waals surface area contributed by atoms with Gasteiger partial charge in [-0.05, 0) is 5.21 Å². The number of carboxylic acids is 1. The number of hydrogen-bond acceptors (Lipinski definition) is 10. The van der Waals surface area contributed by atoms with Crippen LogP contribution in [0.5, 0.6) is 0 Å². The average molecular weight is 346 g/mol. The van der Waals surface area contributed by atoms with Crippen molar-refractivity contribution in [2.75, 3.05) is 5.32 Å². The van der Waals surface area contributed by atoms with Crippen molar-refractivity contribution in [3.63, 3.8) is 0 Å². The van der Waals surface area contributed by atoms with Crippen molar-refractivity contribution in [1.82, 2.24) is 20.6 Å². The highest BCUT2D eigenvalue weighted by atomic mass is 16.6. The molecular formula is C11H6N8O6. The molecule has 25 heavy (non-hydrogen) atoms. The van der Waals surface area contributed by atoms with Gasteiger partial charge in [-0.25, -0.2) is 4.79 Å². The molecular weight excluding hydrogens is 340 g/mol. The molecule has 0 saturated carbocycles. The molecule has 14 heteroatoms. The minimum Gasteiger partial charge on any atom is -0.478 e. The first-order valence-corrected chi connectivity index (χ1v) is 6.16. The molecule has 1 aromatic carbocycles. The first-order chi connectivity index (χ1) is 11.8. The number of H-pyrrole nitrogens is 1. The van der Waals surface area contributed by atoms with E-state index >= 15 is 0 Å². The van der Waals surface area contributed by atoms with E-state index in [0.29, 0.717) is 12.1 Å². The number of nitriles is 1. The summed E-state index contributed by atoms with van der Waals surface area (Å²) in [7, 11) is 0. The standard InChI is InChI=1S/C11H6N8O6/c12-3-5(10-14-16-17-15-10)4-13-9-7(11(20)21)1-6(18(22)23)2-8(9)19(24)25/h1-2,4,13H,(H,20,21)(H,14,15,16,17). The smallest absolute Gasteiger partial charge is 0.338 e. The van der Waals surface area contributed by atoms with Gasteiger partial charge in [0.05, 0.1) is 21.5 Å². The molecule has 0 unspecified atom stereocenters. The highest BCUT2D eigenvalue weighted by Crippen LogP contribution is 2.33. The van der Waals surface area contributed by atoms with Gasteiger partial charge in [0, 0.05) is 12.3 Å². The first kappa shape index (κ1) is 17.0. The minimum absolute atomic E-state index is 0.142. The number of benzene rings is 1. The largest absolute Gasteiger partial charge is 0.478 e. The third-order valence-electron chi connectivity index (χ3n) is 2.81. The number of carboxylic acid groups (broad SMARTS) is 1. The lowest BCUT2D eigenvalue weighted by atomic mass is 10.1. The molecule has 3 N–H and O–H groups in total. The van der Waals surface area contributed by atoms with Crippen LogP contribution in [0.1, 0.15) is 16.2 Å². The number of nitro benzene ring substituents is 2. The third kappa shape index (κ3) is 3.50. The summed E-state index contributed by atoms with van der Waals surface area (Å²) in [6.07, 6.45) is 0.922. The Morgan fingerprint density at radius 2 is 2.08 bits per heavy atom. The molecule has 0 radical (unpaired) electrons. The highest BCUT2D eigenvalue weighted by Gasteiger charge is 2.27. The lowest BCUT2D eigenvalue weighted by Crippen LogP contribution is -2.07. The molecule has 0 atom stereocenters. The summed E-state index contributed by atoms with van der Waals surface area (Å²) in [5.74, 6) is -1.78. The number of rotatable bonds is 6. The van der Waals surface area contributed by atoms with Crippen LogP contribution in [-0.4, -0.2) is 41.5 Å². The fourth-order valence-corrected chi connectivity index (χ4v) is 1.75. The van der Waals surface area contributed by atoms with E-state index in [9.17, 15) is 30.1 Å². The van der Waals surface area contributed by atoms with Gasteiger partial charge in [-0.2, -0.15) is 10.5 Å². The number of aromatic nitrogens is 4. The normalized spacial score (nSPS) is 10.8. The summed E-state index contributed by atoms with van der Waals surface area (Å²) in [5, 5.41) is 54.9. The van der Waals surface area contributed by atoms with Crippen molar-refractivity contribution in [2.45, 2.75) is 0 Å². The molecule has 2 aromatic rings. The Labute approximate surface area is 136 Å². The molecule has 0 aliphatic carbocycles. The summed E-state index contributed by atoms with van der Waals surface area (Å²) < 4.78 is 0. The molecule has 2 rings (SSSR count). The Hall–Kier alpha value is -4.41. The molecule has 126 valence electrons. The zero-order valence-electron chi connectivity index (χ0n) is 11.9. The Bertz CT molecular complexity index is 894. The predicted molar refractivity (Wildman–Crippen MR) is 78.1 cm³/mol. The van der Waals surface area contributed by atoms with Crippen LogP contribution in [-0.2, 0) is 0 Å². The number of carbonyl (C=O) groups is 1. The summed E-state index contributed by atoms with van der Waals surface area (Å²) in [4.78, 5) is 31.3. The van der Waals surface area contributed by atoms with Crippen LogP contribution >= 0.6 is 0 Å². The molecule has 14 nitrogen and oxygen atoms in total. The maximum atomic E-state index is 11.3. The van der Waals surface area contributed by atoms with E-state index in [0.717, 1.165) is 6.20 Å². The highest BCUT2D eigenvalue weighted by molar-refractivity contribution is 5.98. The molecule has 0 aliphatic heterocycles. The molecule has 1 aromatic heterocycles. The number of nitro groups is 2. The molecule has 0 spiro atoms. The number of aromatic amines is 1. The van der Waals surface area contributed by atoms with E-state index in [4.69, 9.17) is 5.26 Å². The van der Waals surface area contributed by atoms with Crippen LogP contribution in [0.25, 0.3) is 5.57 Å². The van der Waals surface area contributed by atoms with Crippen LogP contribution in [0, 0.1) is 31.6 Å². The number of allylic oxidation sites excluding steroid dienone is 1. The number of nitrogens with zero attached hydrogens (tertiary/aromatic N) is 6. The summed E-state index contributed by atoms with van der Waals surface area (Å²) >= 11 is 0. The zero-order chi connectivity index (χ0) is 18.6. The number of nitrogens with one attached hydrogen (secondary N) is 2. The monoisotopic (exact) mass is 346 g/mol. The van der Waals surface area contributed by atoms with E-state index in [1.54, 1.807) is 6.07 Å². The third-order valence-corrected chi connectivity index (χ3v) is 2.81. The Kier molecular flexibility index (Phi) is 4.60. The number of aromatic carboxylic acids is 1. The fourth-order valence-electron chi connectivity index (χ4n) is 1.75. The van der Waals surface area contributed by atoms with Crippen LogP contribution in [0.3, 0.4) is 0 Å². The Balaban J connectivity index is 2.59. The second-order valence-electron chi connectivity index (χ2n) is 4.26. The van der Waals surface area contributed by atoms with Crippen molar-refractivity contribution in [3.05, 3.63) is 49.9 Å². The van der Waals surface area contributed by atoms with Gasteiger partial charge in [0.1, 0.15) is 17.3 Å². The van der Waals surface area contributed by atoms with E-state index in [1.807, 2.05) is 0 Å². The number of tetrazole rings is 1. The average Bonchev–Trinajstić information content (AvgIpc) is 3.08. The lowest BCUT2D eigenvalue weighted by molar-refractivity contribution is -0.393. The summed E-state index contributed by atoms with van der Waals surface area (Å²) in [5.41, 5.74) is -3.09. The summed E-state index contributed by atoms with van der Waals surface area (Å²) in [6.45, 7) is 0. The molecule has 0 amide bonds. The van der Waals surface area contributed by atoms with Crippen LogP contribution in [0.4, 0.5) is 17.1 Å². The van der Waals surface area contributed by atoms with E-state index < -0.39 is 38.4 Å². The topological polar surface area (TPSA) is 214 Å². The lowest BCUT2D eigenvalue weighted by Gasteiger charge is -2.07. The molecule has 0 saturated heterocycles. The number of non-ortho nitro benzene ring substituents is 1. The van der Waals surface area contributed by atoms with Gasteiger partial charge in [-0.3, -0.25) is 20.2 Å². The van der Waals surface area contributed by atoms with Gasteiger partial charge < -0.3 is 10.4 Å². The van der Waals surface area contributed by atoms with Crippen molar-refractivity contribution < 1.29 is 19.7 Å². The zero-order valence-corrected chi connectivity index (χ0v) is 11.9. The van der Waals surface area contributed by atoms with E-state index in [1.165, 1.54) is 0 Å². The quantitative estimate of drug-likeness (QED) is 0.375. The van der Waals surface area contributed by atoms with Gasteiger partial charge in [0.15, 0.2) is 0 Å². The van der Waals surface area contributed by atoms with E-state index in [-0.39, 0.29) is 11.4 Å². The predicted octanol–water partition coefficient (Wildman–Crippen LogP) is 0.691. The van der Waals surface area contributed by atoms with Crippen molar-refractivity contribution >= 4 is 28.6 Å². The van der Waals surface area contributed by atoms with Crippen molar-refractivity contribution in [3.8, 4) is 6.07 Å². The maximum Gasteiger partial charge on any atom is 0.338 e. The Morgan fingerprint density at radius 1 is 1.36 bits per heavy atom. The molecule has 1 heterocycles. The van der Waals surface area contributed by atoms with Crippen LogP contribution in [0.2, 0.25) is 0 Å². The van der Waals surface area contributed by atoms with Gasteiger partial charge in [-0.1, -0.05) is 0 Å². The van der Waals surface area contributed by atoms with E-state index in [2.05, 4.69) is 25.9 Å². The maximum absolute atomic E-state index is 11.3. The molecule has 0 aliphatic rings. The van der Waals surface area contributed by atoms with Gasteiger partial charge in [-0.15, -0.1) is 10.2 Å². The van der Waals surface area contributed by atoms with Crippen LogP contribution in [0.15, 0.2) is 18.3 Å². The van der Waals surface area contributed by atoms with Crippen molar-refractivity contribution in [1.29, 1.82) is 5.26 Å². The second kappa shape index (κ2) is 6.78. The van der Waals surface area contributed by atoms with Crippen LogP contribution < -0.4 is 5.32 Å². The molecule has 0 bridgehead atoms. The molecule has 0 fully saturated rings. The van der Waals surface area contributed by atoms with Gasteiger partial charge in [0.2, 0.25) is 5.82 Å². The number of anilines is 1. The summed E-state index contributed by atoms with van der Waals surface area (Å²) in [6, 6.07) is 2.95. The fraction of sp³-hybridized carbons (Fsp3) is 0.